The van der Waals surface area contributed by atoms with Gasteiger partial charge in [-0.3, -0.25) is 0 Å². The number of benzene rings is 1. The van der Waals surface area contributed by atoms with E-state index in [1.165, 1.54) is 0 Å². The quantitative estimate of drug-likeness (QED) is 0.913. The lowest BCUT2D eigenvalue weighted by molar-refractivity contribution is 0.200. The summed E-state index contributed by atoms with van der Waals surface area (Å²) < 4.78 is 5.74. The number of hydrogen-bond acceptors (Lipinski definition) is 3. The van der Waals surface area contributed by atoms with Crippen LogP contribution in [0.15, 0.2) is 18.2 Å². The predicted molar refractivity (Wildman–Crippen MR) is 71.6 cm³/mol. The molecule has 0 unspecified atom stereocenters. The number of halogens is 1. The fourth-order valence-corrected chi connectivity index (χ4v) is 2.50. The Morgan fingerprint density at radius 1 is 1.33 bits per heavy atom. The topological polar surface area (TPSA) is 59.0 Å². The summed E-state index contributed by atoms with van der Waals surface area (Å²) in [6, 6.07) is 7.72. The van der Waals surface area contributed by atoms with Crippen molar-refractivity contribution in [1.29, 1.82) is 5.26 Å². The van der Waals surface area contributed by atoms with Crippen molar-refractivity contribution in [2.75, 3.05) is 6.61 Å². The van der Waals surface area contributed by atoms with Crippen molar-refractivity contribution in [2.24, 2.45) is 11.7 Å². The molecule has 2 rings (SSSR count). The summed E-state index contributed by atoms with van der Waals surface area (Å²) in [4.78, 5) is 0. The van der Waals surface area contributed by atoms with Gasteiger partial charge in [-0.05, 0) is 43.7 Å². The number of ether oxygens (including phenoxy) is 1. The maximum atomic E-state index is 9.04. The lowest BCUT2D eigenvalue weighted by Gasteiger charge is -2.26. The van der Waals surface area contributed by atoms with Crippen LogP contribution in [0.2, 0.25) is 5.02 Å². The number of nitrogens with two attached hydrogens (primary N) is 1. The van der Waals surface area contributed by atoms with E-state index < -0.39 is 0 Å². The highest BCUT2D eigenvalue weighted by Crippen LogP contribution is 2.28. The summed E-state index contributed by atoms with van der Waals surface area (Å²) in [7, 11) is 0. The summed E-state index contributed by atoms with van der Waals surface area (Å²) in [5.41, 5.74) is 6.29. The Kier molecular flexibility index (Phi) is 4.46. The average Bonchev–Trinajstić information content (AvgIpc) is 2.38. The molecule has 4 heteroatoms. The minimum Gasteiger partial charge on any atom is -0.492 e. The Labute approximate surface area is 112 Å². The first-order valence-corrected chi connectivity index (χ1v) is 6.65. The molecule has 0 aliphatic heterocycles. The van der Waals surface area contributed by atoms with Crippen LogP contribution in [0.5, 0.6) is 5.75 Å². The second-order valence-corrected chi connectivity index (χ2v) is 5.22. The van der Waals surface area contributed by atoms with Gasteiger partial charge in [0.2, 0.25) is 0 Å². The van der Waals surface area contributed by atoms with Gasteiger partial charge in [-0.25, -0.2) is 0 Å². The van der Waals surface area contributed by atoms with E-state index >= 15 is 0 Å². The molecule has 0 atom stereocenters. The summed E-state index contributed by atoms with van der Waals surface area (Å²) in [5.74, 6) is 1.12. The SMILES string of the molecule is N#Cc1c(Cl)cccc1OCC1CCC(N)CC1. The molecule has 0 amide bonds. The van der Waals surface area contributed by atoms with Crippen molar-refractivity contribution in [3.05, 3.63) is 28.8 Å². The first-order valence-electron chi connectivity index (χ1n) is 6.27. The van der Waals surface area contributed by atoms with E-state index in [1.807, 2.05) is 0 Å². The zero-order valence-corrected chi connectivity index (χ0v) is 11.0. The molecule has 0 spiro atoms. The van der Waals surface area contributed by atoms with E-state index in [0.29, 0.717) is 34.9 Å². The molecule has 0 bridgehead atoms. The Bertz CT molecular complexity index is 448. The van der Waals surface area contributed by atoms with Crippen LogP contribution in [-0.4, -0.2) is 12.6 Å². The Morgan fingerprint density at radius 3 is 2.72 bits per heavy atom. The smallest absolute Gasteiger partial charge is 0.138 e. The molecule has 96 valence electrons. The highest BCUT2D eigenvalue weighted by Gasteiger charge is 2.19. The largest absolute Gasteiger partial charge is 0.492 e. The molecular weight excluding hydrogens is 248 g/mol. The van der Waals surface area contributed by atoms with E-state index in [1.54, 1.807) is 18.2 Å². The summed E-state index contributed by atoms with van der Waals surface area (Å²) >= 11 is 5.95. The molecule has 2 N–H and O–H groups in total. The van der Waals surface area contributed by atoms with E-state index in [2.05, 4.69) is 6.07 Å². The molecule has 18 heavy (non-hydrogen) atoms. The minimum atomic E-state index is 0.349. The number of rotatable bonds is 3. The van der Waals surface area contributed by atoms with Gasteiger partial charge in [0.1, 0.15) is 17.4 Å². The average molecular weight is 265 g/mol. The van der Waals surface area contributed by atoms with Crippen molar-refractivity contribution < 1.29 is 4.74 Å². The fourth-order valence-electron chi connectivity index (χ4n) is 2.30. The molecule has 1 fully saturated rings. The van der Waals surface area contributed by atoms with Crippen LogP contribution in [0, 0.1) is 17.2 Å². The van der Waals surface area contributed by atoms with Crippen LogP contribution in [0.4, 0.5) is 0 Å². The molecule has 1 aromatic carbocycles. The Morgan fingerprint density at radius 2 is 2.06 bits per heavy atom. The van der Waals surface area contributed by atoms with Gasteiger partial charge in [0, 0.05) is 6.04 Å². The zero-order chi connectivity index (χ0) is 13.0. The third-order valence-corrected chi connectivity index (χ3v) is 3.77. The second-order valence-electron chi connectivity index (χ2n) is 4.82. The predicted octanol–water partition coefficient (Wildman–Crippen LogP) is 3.11. The molecule has 0 radical (unpaired) electrons. The zero-order valence-electron chi connectivity index (χ0n) is 10.2. The monoisotopic (exact) mass is 264 g/mol. The van der Waals surface area contributed by atoms with Crippen LogP contribution in [0.25, 0.3) is 0 Å². The fraction of sp³-hybridized carbons (Fsp3) is 0.500. The van der Waals surface area contributed by atoms with Crippen LogP contribution < -0.4 is 10.5 Å². The number of nitrogens with zero attached hydrogens (tertiary/aromatic N) is 1. The van der Waals surface area contributed by atoms with Gasteiger partial charge in [0.15, 0.2) is 0 Å². The van der Waals surface area contributed by atoms with Gasteiger partial charge in [0.25, 0.3) is 0 Å². The molecule has 0 saturated heterocycles. The van der Waals surface area contributed by atoms with Crippen molar-refractivity contribution in [3.8, 4) is 11.8 Å². The molecule has 0 heterocycles. The standard InChI is InChI=1S/C14H17ClN2O/c15-13-2-1-3-14(12(13)8-16)18-9-10-4-6-11(17)7-5-10/h1-3,10-11H,4-7,9,17H2. The molecule has 1 aromatic rings. The highest BCUT2D eigenvalue weighted by molar-refractivity contribution is 6.31. The maximum Gasteiger partial charge on any atom is 0.138 e. The van der Waals surface area contributed by atoms with Crippen molar-refractivity contribution >= 4 is 11.6 Å². The summed E-state index contributed by atoms with van der Waals surface area (Å²) in [6.07, 6.45) is 4.33. The third-order valence-electron chi connectivity index (χ3n) is 3.45. The van der Waals surface area contributed by atoms with E-state index in [0.717, 1.165) is 25.7 Å². The first kappa shape index (κ1) is 13.2. The van der Waals surface area contributed by atoms with E-state index in [4.69, 9.17) is 27.3 Å². The van der Waals surface area contributed by atoms with Crippen molar-refractivity contribution in [3.63, 3.8) is 0 Å². The first-order chi connectivity index (χ1) is 8.70. The summed E-state index contributed by atoms with van der Waals surface area (Å²) in [6.45, 7) is 0.641. The van der Waals surface area contributed by atoms with E-state index in [-0.39, 0.29) is 0 Å². The van der Waals surface area contributed by atoms with Gasteiger partial charge in [0.05, 0.1) is 11.6 Å². The van der Waals surface area contributed by atoms with Gasteiger partial charge in [-0.15, -0.1) is 0 Å². The Balaban J connectivity index is 1.95. The van der Waals surface area contributed by atoms with Crippen LogP contribution in [-0.2, 0) is 0 Å². The highest BCUT2D eigenvalue weighted by atomic mass is 35.5. The van der Waals surface area contributed by atoms with Gasteiger partial charge >= 0.3 is 0 Å². The normalized spacial score (nSPS) is 23.4. The van der Waals surface area contributed by atoms with Gasteiger partial charge in [-0.1, -0.05) is 17.7 Å². The second kappa shape index (κ2) is 6.08. The molecule has 3 nitrogen and oxygen atoms in total. The molecule has 0 aromatic heterocycles. The molecule has 1 aliphatic carbocycles. The minimum absolute atomic E-state index is 0.349. The number of hydrogen-bond donors (Lipinski definition) is 1. The van der Waals surface area contributed by atoms with Gasteiger partial charge < -0.3 is 10.5 Å². The van der Waals surface area contributed by atoms with Crippen molar-refractivity contribution in [2.45, 2.75) is 31.7 Å². The maximum absolute atomic E-state index is 9.04. The molecule has 1 aliphatic rings. The molecular formula is C14H17ClN2O. The Hall–Kier alpha value is -1.24. The van der Waals surface area contributed by atoms with Crippen LogP contribution in [0.1, 0.15) is 31.2 Å². The van der Waals surface area contributed by atoms with E-state index in [9.17, 15) is 0 Å². The lowest BCUT2D eigenvalue weighted by atomic mass is 9.87. The van der Waals surface area contributed by atoms with Crippen LogP contribution in [0.3, 0.4) is 0 Å². The van der Waals surface area contributed by atoms with Crippen LogP contribution >= 0.6 is 11.6 Å². The summed E-state index contributed by atoms with van der Waals surface area (Å²) in [5, 5.41) is 9.49. The third kappa shape index (κ3) is 3.16. The molecule has 1 saturated carbocycles. The number of nitriles is 1. The van der Waals surface area contributed by atoms with Crippen molar-refractivity contribution in [1.82, 2.24) is 0 Å². The lowest BCUT2D eigenvalue weighted by Crippen LogP contribution is -2.28. The van der Waals surface area contributed by atoms with Gasteiger partial charge in [-0.2, -0.15) is 5.26 Å².